The third kappa shape index (κ3) is 4.57. The molecule has 40 heavy (non-hydrogen) atoms. The maximum Gasteiger partial charge on any atom is 0.348 e. The van der Waals surface area contributed by atoms with E-state index in [-0.39, 0.29) is 29.7 Å². The molecular weight excluding hydrogens is 530 g/mol. The van der Waals surface area contributed by atoms with E-state index >= 15 is 0 Å². The zero-order valence-corrected chi connectivity index (χ0v) is 22.5. The molecule has 0 saturated carbocycles. The highest BCUT2D eigenvalue weighted by Gasteiger charge is 2.69. The molecule has 1 aromatic carbocycles. The molecule has 13 heteroatoms. The molecule has 1 heterocycles. The number of carboxylic acids is 1. The van der Waals surface area contributed by atoms with Crippen molar-refractivity contribution < 1.29 is 58.6 Å². The van der Waals surface area contributed by atoms with Gasteiger partial charge in [-0.3, -0.25) is 4.79 Å². The number of aromatic hydroxyl groups is 1. The van der Waals surface area contributed by atoms with Gasteiger partial charge in [0.05, 0.1) is 17.4 Å². The summed E-state index contributed by atoms with van der Waals surface area (Å²) >= 11 is 0. The standard InChI is InChI=1S/C27H33NO12/c1-5-26-20-14-6-7-15(30)21(20)40-22(26)16(8-9-27(26,36)18(10-14)28-4)38-19(31)11-17(39-24(34)12(2)29)25(35)37-13(3)23(32)33/h6-8,12-13,17-18,22,28-30,36H,5,9-11H2,1-4H3,(H,32,33)/t12-,13-,17-,18+,22-,26-,27+/m0/s1. The number of benzene rings is 1. The summed E-state index contributed by atoms with van der Waals surface area (Å²) in [5.74, 6) is -4.97. The number of phenolic OH excluding ortho intramolecular Hbond substituents is 1. The van der Waals surface area contributed by atoms with Crippen LogP contribution in [0.1, 0.15) is 51.2 Å². The number of rotatable bonds is 10. The molecule has 4 rings (SSSR count). The van der Waals surface area contributed by atoms with E-state index in [0.29, 0.717) is 18.4 Å². The van der Waals surface area contributed by atoms with Crippen molar-refractivity contribution >= 4 is 23.9 Å². The summed E-state index contributed by atoms with van der Waals surface area (Å²) in [7, 11) is 1.74. The number of hydrogen-bond donors (Lipinski definition) is 5. The Labute approximate surface area is 229 Å². The number of aliphatic hydroxyl groups excluding tert-OH is 1. The Hall–Kier alpha value is -3.68. The molecule has 0 bridgehead atoms. The number of aliphatic hydroxyl groups is 2. The first-order valence-electron chi connectivity index (χ1n) is 12.9. The third-order valence-corrected chi connectivity index (χ3v) is 7.99. The zero-order chi connectivity index (χ0) is 29.6. The van der Waals surface area contributed by atoms with E-state index in [1.807, 2.05) is 6.92 Å². The lowest BCUT2D eigenvalue weighted by Crippen LogP contribution is -2.70. The molecule has 5 N–H and O–H groups in total. The van der Waals surface area contributed by atoms with Gasteiger partial charge in [0.25, 0.3) is 0 Å². The van der Waals surface area contributed by atoms with E-state index in [4.69, 9.17) is 24.1 Å². The van der Waals surface area contributed by atoms with Crippen molar-refractivity contribution in [3.8, 4) is 11.5 Å². The molecule has 13 nitrogen and oxygen atoms in total. The number of ether oxygens (including phenoxy) is 4. The minimum atomic E-state index is -1.90. The lowest BCUT2D eigenvalue weighted by Gasteiger charge is -2.56. The number of likely N-dealkylation sites (N-methyl/N-ethyl adjacent to an activating group) is 1. The molecule has 0 amide bonds. The number of nitrogens with one attached hydrogen (secondary N) is 1. The first-order valence-corrected chi connectivity index (χ1v) is 12.9. The molecule has 0 fully saturated rings. The van der Waals surface area contributed by atoms with Gasteiger partial charge >= 0.3 is 23.9 Å². The highest BCUT2D eigenvalue weighted by atomic mass is 16.6. The van der Waals surface area contributed by atoms with Crippen molar-refractivity contribution in [3.05, 3.63) is 35.1 Å². The van der Waals surface area contributed by atoms with Gasteiger partial charge in [0.2, 0.25) is 6.10 Å². The van der Waals surface area contributed by atoms with Gasteiger partial charge < -0.3 is 44.7 Å². The van der Waals surface area contributed by atoms with Crippen LogP contribution in [-0.4, -0.2) is 87.4 Å². The molecule has 0 unspecified atom stereocenters. The predicted octanol–water partition coefficient (Wildman–Crippen LogP) is 0.206. The predicted molar refractivity (Wildman–Crippen MR) is 134 cm³/mol. The Kier molecular flexibility index (Phi) is 7.85. The maximum absolute atomic E-state index is 13.1. The van der Waals surface area contributed by atoms with Crippen molar-refractivity contribution in [1.82, 2.24) is 5.32 Å². The second-order valence-electron chi connectivity index (χ2n) is 10.2. The number of esters is 3. The van der Waals surface area contributed by atoms with E-state index in [9.17, 15) is 34.5 Å². The fourth-order valence-corrected chi connectivity index (χ4v) is 6.01. The summed E-state index contributed by atoms with van der Waals surface area (Å²) in [5.41, 5.74) is -0.949. The van der Waals surface area contributed by atoms with Crippen molar-refractivity contribution in [2.45, 2.75) is 87.9 Å². The van der Waals surface area contributed by atoms with E-state index < -0.39 is 65.7 Å². The van der Waals surface area contributed by atoms with Gasteiger partial charge in [0, 0.05) is 18.0 Å². The summed E-state index contributed by atoms with van der Waals surface area (Å²) in [6.45, 7) is 4.02. The van der Waals surface area contributed by atoms with Gasteiger partial charge in [-0.2, -0.15) is 0 Å². The van der Waals surface area contributed by atoms with Crippen LogP contribution in [0.5, 0.6) is 11.5 Å². The molecule has 218 valence electrons. The minimum absolute atomic E-state index is 0.0303. The van der Waals surface area contributed by atoms with Crippen molar-refractivity contribution in [1.29, 1.82) is 0 Å². The lowest BCUT2D eigenvalue weighted by molar-refractivity contribution is -0.181. The average molecular weight is 564 g/mol. The number of carbonyl (C=O) groups is 4. The van der Waals surface area contributed by atoms with Crippen LogP contribution in [0.4, 0.5) is 0 Å². The molecule has 0 aromatic heterocycles. The zero-order valence-electron chi connectivity index (χ0n) is 22.5. The van der Waals surface area contributed by atoms with E-state index in [1.54, 1.807) is 13.1 Å². The molecule has 7 atom stereocenters. The van der Waals surface area contributed by atoms with Gasteiger partial charge in [-0.1, -0.05) is 13.0 Å². The molecule has 3 aliphatic rings. The first kappa shape index (κ1) is 29.3. The van der Waals surface area contributed by atoms with Gasteiger partial charge in [0.15, 0.2) is 23.7 Å². The van der Waals surface area contributed by atoms with Crippen LogP contribution in [-0.2, 0) is 45.2 Å². The van der Waals surface area contributed by atoms with Gasteiger partial charge in [-0.05, 0) is 51.4 Å². The second kappa shape index (κ2) is 10.7. The van der Waals surface area contributed by atoms with Crippen LogP contribution >= 0.6 is 0 Å². The molecular formula is C27H33NO12. The second-order valence-corrected chi connectivity index (χ2v) is 10.2. The monoisotopic (exact) mass is 563 g/mol. The molecule has 2 aliphatic carbocycles. The Morgan fingerprint density at radius 3 is 2.48 bits per heavy atom. The van der Waals surface area contributed by atoms with Crippen molar-refractivity contribution in [2.24, 2.45) is 0 Å². The molecule has 1 aliphatic heterocycles. The number of hydrogen-bond acceptors (Lipinski definition) is 12. The summed E-state index contributed by atoms with van der Waals surface area (Å²) in [6, 6.07) is 2.90. The van der Waals surface area contributed by atoms with Crippen molar-refractivity contribution in [3.63, 3.8) is 0 Å². The normalized spacial score (nSPS) is 28.2. The molecule has 0 radical (unpaired) electrons. The van der Waals surface area contributed by atoms with E-state index in [2.05, 4.69) is 5.32 Å². The van der Waals surface area contributed by atoms with E-state index in [1.165, 1.54) is 12.1 Å². The largest absolute Gasteiger partial charge is 0.504 e. The number of carbonyl (C=O) groups excluding carboxylic acids is 3. The smallest absolute Gasteiger partial charge is 0.348 e. The number of carboxylic acid groups (broad SMARTS) is 1. The topological polar surface area (TPSA) is 198 Å². The Bertz CT molecular complexity index is 1260. The van der Waals surface area contributed by atoms with Crippen LogP contribution in [0.25, 0.3) is 0 Å². The fraction of sp³-hybridized carbons (Fsp3) is 0.556. The summed E-state index contributed by atoms with van der Waals surface area (Å²) < 4.78 is 21.4. The number of phenols is 1. The summed E-state index contributed by atoms with van der Waals surface area (Å²) in [5, 5.41) is 44.4. The van der Waals surface area contributed by atoms with Crippen LogP contribution < -0.4 is 10.1 Å². The van der Waals surface area contributed by atoms with Gasteiger partial charge in [-0.25, -0.2) is 14.4 Å². The van der Waals surface area contributed by atoms with Crippen LogP contribution in [0.3, 0.4) is 0 Å². The summed E-state index contributed by atoms with van der Waals surface area (Å²) in [4.78, 5) is 48.7. The maximum atomic E-state index is 13.1. The summed E-state index contributed by atoms with van der Waals surface area (Å²) in [6.07, 6.45) is -4.60. The molecule has 1 aromatic rings. The fourth-order valence-electron chi connectivity index (χ4n) is 6.01. The van der Waals surface area contributed by atoms with Gasteiger partial charge in [-0.15, -0.1) is 0 Å². The Balaban J connectivity index is 1.63. The highest BCUT2D eigenvalue weighted by molar-refractivity contribution is 5.87. The highest BCUT2D eigenvalue weighted by Crippen LogP contribution is 2.63. The van der Waals surface area contributed by atoms with Crippen LogP contribution in [0.15, 0.2) is 24.0 Å². The third-order valence-electron chi connectivity index (χ3n) is 7.99. The quantitative estimate of drug-likeness (QED) is 0.191. The van der Waals surface area contributed by atoms with Crippen LogP contribution in [0, 0.1) is 0 Å². The van der Waals surface area contributed by atoms with Crippen LogP contribution in [0.2, 0.25) is 0 Å². The lowest BCUT2D eigenvalue weighted by atomic mass is 9.52. The Morgan fingerprint density at radius 2 is 1.88 bits per heavy atom. The first-order chi connectivity index (χ1) is 18.8. The average Bonchev–Trinajstić information content (AvgIpc) is 3.28. The van der Waals surface area contributed by atoms with E-state index in [0.717, 1.165) is 19.4 Å². The van der Waals surface area contributed by atoms with Crippen molar-refractivity contribution in [2.75, 3.05) is 7.05 Å². The minimum Gasteiger partial charge on any atom is -0.504 e. The Morgan fingerprint density at radius 1 is 1.18 bits per heavy atom. The molecule has 0 spiro atoms. The molecule has 0 saturated heterocycles. The SMILES string of the molecule is CC[C@]12c3c4ccc(O)c3O[C@H]1C(OC(=O)C[C@H](OC(=O)[C@H](C)O)C(=O)O[C@@H](C)C(=O)O)=CC[C@@]2(O)[C@H](NC)C4. The number of aliphatic carboxylic acids is 1. The van der Waals surface area contributed by atoms with Gasteiger partial charge in [0.1, 0.15) is 11.9 Å².